The molecule has 0 fully saturated rings. The highest BCUT2D eigenvalue weighted by Crippen LogP contribution is 2.35. The number of carbonyl (C=O) groups excluding carboxylic acids is 1. The molecular weight excluding hydrogens is 272 g/mol. The lowest BCUT2D eigenvalue weighted by molar-refractivity contribution is -0.135. The van der Waals surface area contributed by atoms with E-state index in [0.717, 1.165) is 0 Å². The van der Waals surface area contributed by atoms with Crippen LogP contribution < -0.4 is 9.47 Å². The van der Waals surface area contributed by atoms with E-state index in [1.165, 1.54) is 20.3 Å². The predicted octanol–water partition coefficient (Wildman–Crippen LogP) is 2.22. The molecule has 1 aromatic carbocycles. The monoisotopic (exact) mass is 290 g/mol. The minimum Gasteiger partial charge on any atom is -0.497 e. The Morgan fingerprint density at radius 2 is 1.71 bits per heavy atom. The average molecular weight is 290 g/mol. The average Bonchev–Trinajstić information content (AvgIpc) is 2.55. The summed E-state index contributed by atoms with van der Waals surface area (Å²) < 4.78 is 21.2. The van der Waals surface area contributed by atoms with Crippen molar-refractivity contribution in [3.8, 4) is 11.5 Å². The minimum atomic E-state index is -1.05. The lowest BCUT2D eigenvalue weighted by Crippen LogP contribution is -2.32. The zero-order valence-corrected chi connectivity index (χ0v) is 12.5. The maximum atomic E-state index is 12.2. The van der Waals surface area contributed by atoms with Gasteiger partial charge >= 0.3 is 0 Å². The first-order valence-electron chi connectivity index (χ1n) is 6.38. The molecule has 0 atom stereocenters. The number of rotatable bonds is 5. The Hall–Kier alpha value is -2.11. The van der Waals surface area contributed by atoms with E-state index < -0.39 is 5.79 Å². The van der Waals surface area contributed by atoms with Gasteiger partial charge in [-0.1, -0.05) is 0 Å². The number of hydrogen-bond acceptors (Lipinski definition) is 5. The highest BCUT2D eigenvalue weighted by molar-refractivity contribution is 6.27. The lowest BCUT2D eigenvalue weighted by Gasteiger charge is -2.27. The van der Waals surface area contributed by atoms with Gasteiger partial charge in [0.05, 0.1) is 14.2 Å². The molecule has 5 nitrogen and oxygen atoms in total. The smallest absolute Gasteiger partial charge is 0.208 e. The Morgan fingerprint density at radius 3 is 2.29 bits per heavy atom. The molecular formula is C16H18O5. The molecule has 1 aromatic rings. The molecule has 0 aromatic heterocycles. The number of ether oxygens (including phenoxy) is 4. The Bertz CT molecular complexity index is 597. The van der Waals surface area contributed by atoms with Crippen molar-refractivity contribution in [3.63, 3.8) is 0 Å². The maximum Gasteiger partial charge on any atom is 0.208 e. The number of methoxy groups -OCH3 is 4. The first kappa shape index (κ1) is 15.3. The van der Waals surface area contributed by atoms with Crippen molar-refractivity contribution in [2.45, 2.75) is 5.79 Å². The summed E-state index contributed by atoms with van der Waals surface area (Å²) in [6.45, 7) is 0. The van der Waals surface area contributed by atoms with Crippen LogP contribution in [0.3, 0.4) is 0 Å². The molecule has 112 valence electrons. The van der Waals surface area contributed by atoms with Gasteiger partial charge in [0.2, 0.25) is 5.79 Å². The molecule has 0 aliphatic heterocycles. The highest BCUT2D eigenvalue weighted by Gasteiger charge is 2.31. The Morgan fingerprint density at radius 1 is 1.00 bits per heavy atom. The second-order valence-corrected chi connectivity index (χ2v) is 4.45. The van der Waals surface area contributed by atoms with Crippen LogP contribution >= 0.6 is 0 Å². The molecule has 1 aliphatic rings. The molecule has 0 bridgehead atoms. The van der Waals surface area contributed by atoms with E-state index in [1.807, 2.05) is 0 Å². The molecule has 0 saturated heterocycles. The fourth-order valence-electron chi connectivity index (χ4n) is 2.17. The van der Waals surface area contributed by atoms with Crippen LogP contribution in [-0.2, 0) is 14.3 Å². The zero-order valence-electron chi connectivity index (χ0n) is 12.5. The van der Waals surface area contributed by atoms with Crippen molar-refractivity contribution < 1.29 is 23.7 Å². The van der Waals surface area contributed by atoms with Crippen LogP contribution in [0.25, 0.3) is 5.57 Å². The fourth-order valence-corrected chi connectivity index (χ4v) is 2.17. The van der Waals surface area contributed by atoms with Crippen molar-refractivity contribution in [1.82, 2.24) is 0 Å². The van der Waals surface area contributed by atoms with Gasteiger partial charge in [-0.05, 0) is 30.4 Å². The van der Waals surface area contributed by atoms with E-state index in [-0.39, 0.29) is 5.78 Å². The molecule has 21 heavy (non-hydrogen) atoms. The van der Waals surface area contributed by atoms with Crippen molar-refractivity contribution in [2.75, 3.05) is 28.4 Å². The largest absolute Gasteiger partial charge is 0.497 e. The zero-order chi connectivity index (χ0) is 15.5. The van der Waals surface area contributed by atoms with E-state index in [1.54, 1.807) is 44.6 Å². The standard InChI is InChI=1S/C16H18O5/c1-18-11-5-6-12(15(9-11)19-2)13-10-16(20-3,21-4)8-7-14(13)17/h5-10H,1-4H3. The Labute approximate surface area is 123 Å². The Balaban J connectivity index is 2.54. The molecule has 0 radical (unpaired) electrons. The molecule has 0 unspecified atom stereocenters. The highest BCUT2D eigenvalue weighted by atomic mass is 16.7. The second-order valence-electron chi connectivity index (χ2n) is 4.45. The van der Waals surface area contributed by atoms with Crippen LogP contribution in [0, 0.1) is 0 Å². The van der Waals surface area contributed by atoms with Gasteiger partial charge < -0.3 is 18.9 Å². The minimum absolute atomic E-state index is 0.136. The van der Waals surface area contributed by atoms with Gasteiger partial charge in [0, 0.05) is 31.4 Å². The third-order valence-electron chi connectivity index (χ3n) is 3.41. The summed E-state index contributed by atoms with van der Waals surface area (Å²) in [7, 11) is 6.15. The van der Waals surface area contributed by atoms with Crippen LogP contribution in [0.2, 0.25) is 0 Å². The summed E-state index contributed by atoms with van der Waals surface area (Å²) in [5, 5.41) is 0. The molecule has 0 N–H and O–H groups in total. The van der Waals surface area contributed by atoms with Gasteiger partial charge in [0.25, 0.3) is 0 Å². The van der Waals surface area contributed by atoms with E-state index >= 15 is 0 Å². The number of ketones is 1. The van der Waals surface area contributed by atoms with Gasteiger partial charge in [-0.25, -0.2) is 0 Å². The van der Waals surface area contributed by atoms with Crippen molar-refractivity contribution in [3.05, 3.63) is 42.0 Å². The molecule has 0 amide bonds. The van der Waals surface area contributed by atoms with Gasteiger partial charge in [0.1, 0.15) is 11.5 Å². The number of hydrogen-bond donors (Lipinski definition) is 0. The van der Waals surface area contributed by atoms with E-state index in [2.05, 4.69) is 0 Å². The lowest BCUT2D eigenvalue weighted by atomic mass is 9.93. The fraction of sp³-hybridized carbons (Fsp3) is 0.312. The summed E-state index contributed by atoms with van der Waals surface area (Å²) in [4.78, 5) is 12.2. The number of benzene rings is 1. The topological polar surface area (TPSA) is 54.0 Å². The summed E-state index contributed by atoms with van der Waals surface area (Å²) in [6.07, 6.45) is 4.65. The molecule has 1 aliphatic carbocycles. The van der Waals surface area contributed by atoms with Gasteiger partial charge in [-0.2, -0.15) is 0 Å². The van der Waals surface area contributed by atoms with Crippen molar-refractivity contribution in [1.29, 1.82) is 0 Å². The summed E-state index contributed by atoms with van der Waals surface area (Å²) in [5.41, 5.74) is 1.12. The number of allylic oxidation sites excluding steroid dienone is 2. The van der Waals surface area contributed by atoms with E-state index in [0.29, 0.717) is 22.6 Å². The quantitative estimate of drug-likeness (QED) is 0.778. The molecule has 5 heteroatoms. The molecule has 2 rings (SSSR count). The van der Waals surface area contributed by atoms with Crippen LogP contribution in [0.5, 0.6) is 11.5 Å². The first-order chi connectivity index (χ1) is 10.1. The van der Waals surface area contributed by atoms with Gasteiger partial charge in [-0.15, -0.1) is 0 Å². The summed E-state index contributed by atoms with van der Waals surface area (Å²) >= 11 is 0. The van der Waals surface area contributed by atoms with Crippen molar-refractivity contribution in [2.24, 2.45) is 0 Å². The van der Waals surface area contributed by atoms with Crippen LogP contribution in [-0.4, -0.2) is 40.0 Å². The molecule has 0 saturated carbocycles. The van der Waals surface area contributed by atoms with Crippen LogP contribution in [0.1, 0.15) is 5.56 Å². The summed E-state index contributed by atoms with van der Waals surface area (Å²) in [6, 6.07) is 5.27. The predicted molar refractivity (Wildman–Crippen MR) is 78.4 cm³/mol. The maximum absolute atomic E-state index is 12.2. The first-order valence-corrected chi connectivity index (χ1v) is 6.38. The molecule has 0 heterocycles. The van der Waals surface area contributed by atoms with Gasteiger partial charge in [-0.3, -0.25) is 4.79 Å². The van der Waals surface area contributed by atoms with E-state index in [4.69, 9.17) is 18.9 Å². The summed E-state index contributed by atoms with van der Waals surface area (Å²) in [5.74, 6) is 0.0158. The number of carbonyl (C=O) groups is 1. The van der Waals surface area contributed by atoms with Crippen LogP contribution in [0.4, 0.5) is 0 Å². The second kappa shape index (κ2) is 6.11. The Kier molecular flexibility index (Phi) is 4.45. The van der Waals surface area contributed by atoms with Gasteiger partial charge in [0.15, 0.2) is 5.78 Å². The van der Waals surface area contributed by atoms with E-state index in [9.17, 15) is 4.79 Å². The third kappa shape index (κ3) is 2.84. The SMILES string of the molecule is COc1ccc(C2=CC(OC)(OC)C=CC2=O)c(OC)c1. The van der Waals surface area contributed by atoms with Crippen molar-refractivity contribution >= 4 is 11.4 Å². The third-order valence-corrected chi connectivity index (χ3v) is 3.41. The van der Waals surface area contributed by atoms with Crippen LogP contribution in [0.15, 0.2) is 36.4 Å². The normalized spacial score (nSPS) is 16.6. The molecule has 0 spiro atoms.